The number of nitrogen functional groups attached to an aromatic ring is 1. The molecule has 1 aromatic rings. The monoisotopic (exact) mass is 419 g/mol. The predicted octanol–water partition coefficient (Wildman–Crippen LogP) is 2.40. The number of aryl methyl sites for hydroxylation is 1. The minimum Gasteiger partial charge on any atom is -0.462 e. The van der Waals surface area contributed by atoms with E-state index in [1.54, 1.807) is 0 Å². The van der Waals surface area contributed by atoms with Gasteiger partial charge in [0.15, 0.2) is 5.96 Å². The molecule has 0 amide bonds. The van der Waals surface area contributed by atoms with Crippen LogP contribution in [0.25, 0.3) is 0 Å². The molecule has 1 aliphatic heterocycles. The summed E-state index contributed by atoms with van der Waals surface area (Å²) < 4.78 is 7.53. The molecule has 6 N–H and O–H groups in total. The van der Waals surface area contributed by atoms with Gasteiger partial charge in [0, 0.05) is 19.4 Å². The molecule has 8 nitrogen and oxygen atoms in total. The first-order valence-electron chi connectivity index (χ1n) is 11.5. The highest BCUT2D eigenvalue weighted by atomic mass is 16.5. The number of aliphatic imine (C=N–C) groups is 1. The number of hydrogen-bond donors (Lipinski definition) is 3. The second-order valence-corrected chi connectivity index (χ2v) is 8.01. The molecule has 1 aromatic heterocycles. The lowest BCUT2D eigenvalue weighted by atomic mass is 10.0. The Balaban J connectivity index is 1.94. The molecule has 0 spiro atoms. The van der Waals surface area contributed by atoms with E-state index in [4.69, 9.17) is 21.9 Å². The van der Waals surface area contributed by atoms with Gasteiger partial charge in [-0.1, -0.05) is 50.4 Å². The maximum atomic E-state index is 12.9. The Bertz CT molecular complexity index is 716. The third-order valence-corrected chi connectivity index (χ3v) is 5.53. The van der Waals surface area contributed by atoms with Crippen molar-refractivity contribution in [2.75, 3.05) is 18.9 Å². The number of guanidine groups is 1. The van der Waals surface area contributed by atoms with Crippen LogP contribution in [0.15, 0.2) is 4.99 Å². The van der Waals surface area contributed by atoms with Crippen LogP contribution in [0.2, 0.25) is 0 Å². The lowest BCUT2D eigenvalue weighted by molar-refractivity contribution is -0.679. The summed E-state index contributed by atoms with van der Waals surface area (Å²) in [5.74, 6) is 0.310. The summed E-state index contributed by atoms with van der Waals surface area (Å²) in [6.45, 7) is 3.93. The van der Waals surface area contributed by atoms with Gasteiger partial charge in [0.25, 0.3) is 0 Å². The summed E-state index contributed by atoms with van der Waals surface area (Å²) in [5.41, 5.74) is 19.2. The highest BCUT2D eigenvalue weighted by Crippen LogP contribution is 2.21. The van der Waals surface area contributed by atoms with Crippen molar-refractivity contribution in [3.05, 3.63) is 17.0 Å². The van der Waals surface area contributed by atoms with E-state index in [0.717, 1.165) is 56.5 Å². The summed E-state index contributed by atoms with van der Waals surface area (Å²) in [6, 6.07) is 0. The van der Waals surface area contributed by atoms with E-state index in [2.05, 4.69) is 16.9 Å². The molecule has 0 radical (unpaired) electrons. The molecule has 2 heterocycles. The molecule has 0 atom stereocenters. The second-order valence-electron chi connectivity index (χ2n) is 8.01. The SMILES string of the molecule is CCCCCCCCCc1nc(N)[n+]2c(c1C(=O)OCCCCN=C(N)N)CCC2. The summed E-state index contributed by atoms with van der Waals surface area (Å²) in [6.07, 6.45) is 12.6. The van der Waals surface area contributed by atoms with Crippen LogP contribution in [0.1, 0.15) is 92.9 Å². The van der Waals surface area contributed by atoms with E-state index < -0.39 is 0 Å². The molecule has 30 heavy (non-hydrogen) atoms. The number of ether oxygens (including phenoxy) is 1. The van der Waals surface area contributed by atoms with Gasteiger partial charge in [-0.3, -0.25) is 10.7 Å². The van der Waals surface area contributed by atoms with Gasteiger partial charge in [0.2, 0.25) is 0 Å². The lowest BCUT2D eigenvalue weighted by Crippen LogP contribution is -2.40. The molecule has 0 fully saturated rings. The van der Waals surface area contributed by atoms with Gasteiger partial charge in [-0.05, 0) is 25.7 Å². The van der Waals surface area contributed by atoms with Gasteiger partial charge >= 0.3 is 11.9 Å². The molecular weight excluding hydrogens is 380 g/mol. The van der Waals surface area contributed by atoms with Crippen molar-refractivity contribution in [3.8, 4) is 0 Å². The largest absolute Gasteiger partial charge is 0.462 e. The van der Waals surface area contributed by atoms with Crippen LogP contribution in [0.4, 0.5) is 5.95 Å². The Hall–Kier alpha value is -2.38. The maximum Gasteiger partial charge on any atom is 0.389 e. The van der Waals surface area contributed by atoms with Crippen molar-refractivity contribution in [3.63, 3.8) is 0 Å². The van der Waals surface area contributed by atoms with E-state index >= 15 is 0 Å². The summed E-state index contributed by atoms with van der Waals surface area (Å²) >= 11 is 0. The molecule has 2 rings (SSSR count). The lowest BCUT2D eigenvalue weighted by Gasteiger charge is -2.11. The number of nitrogens with zero attached hydrogens (tertiary/aromatic N) is 3. The molecule has 1 aliphatic rings. The normalized spacial score (nSPS) is 12.6. The van der Waals surface area contributed by atoms with Crippen LogP contribution in [0, 0.1) is 0 Å². The molecule has 0 bridgehead atoms. The minimum absolute atomic E-state index is 0.0857. The van der Waals surface area contributed by atoms with Gasteiger partial charge in [-0.2, -0.15) is 0 Å². The Morgan fingerprint density at radius 1 is 1.10 bits per heavy atom. The summed E-state index contributed by atoms with van der Waals surface area (Å²) in [4.78, 5) is 21.4. The molecule has 0 saturated heterocycles. The zero-order valence-electron chi connectivity index (χ0n) is 18.5. The number of anilines is 1. The smallest absolute Gasteiger partial charge is 0.389 e. The Morgan fingerprint density at radius 2 is 1.83 bits per heavy atom. The van der Waals surface area contributed by atoms with Crippen LogP contribution in [0.5, 0.6) is 0 Å². The topological polar surface area (TPSA) is 133 Å². The van der Waals surface area contributed by atoms with Crippen molar-refractivity contribution in [1.29, 1.82) is 0 Å². The molecule has 0 aliphatic carbocycles. The number of fused-ring (bicyclic) bond motifs is 1. The van der Waals surface area contributed by atoms with E-state index in [0.29, 0.717) is 31.1 Å². The Labute approximate surface area is 180 Å². The van der Waals surface area contributed by atoms with E-state index in [-0.39, 0.29) is 11.9 Å². The van der Waals surface area contributed by atoms with E-state index in [9.17, 15) is 4.79 Å². The Kier molecular flexibility index (Phi) is 10.4. The Morgan fingerprint density at radius 3 is 2.57 bits per heavy atom. The number of carbonyl (C=O) groups is 1. The average Bonchev–Trinajstić information content (AvgIpc) is 3.20. The van der Waals surface area contributed by atoms with Crippen molar-refractivity contribution in [2.24, 2.45) is 16.5 Å². The standard InChI is InChI=1S/C22H38N6O2/c1-2-3-4-5-6-7-8-12-17-19(18-13-11-15-28(18)22(25)27-17)20(29)30-16-10-9-14-26-21(23)24/h25H,2-16H2,1H3,(H4,23,24,26)/p+1. The first-order valence-corrected chi connectivity index (χ1v) is 11.5. The van der Waals surface area contributed by atoms with Crippen LogP contribution in [-0.4, -0.2) is 30.1 Å². The number of aromatic nitrogens is 2. The molecular formula is C22H39N6O2+. The quantitative estimate of drug-likeness (QED) is 0.139. The molecule has 8 heteroatoms. The molecule has 168 valence electrons. The number of carbonyl (C=O) groups excluding carboxylic acids is 1. The third kappa shape index (κ3) is 7.46. The summed E-state index contributed by atoms with van der Waals surface area (Å²) in [5, 5.41) is 0. The van der Waals surface area contributed by atoms with Gasteiger partial charge in [-0.25, -0.2) is 9.36 Å². The minimum atomic E-state index is -0.284. The van der Waals surface area contributed by atoms with Gasteiger partial charge in [0.05, 0.1) is 18.8 Å². The summed E-state index contributed by atoms with van der Waals surface area (Å²) in [7, 11) is 0. The predicted molar refractivity (Wildman–Crippen MR) is 119 cm³/mol. The second kappa shape index (κ2) is 13.0. The fraction of sp³-hybridized carbons (Fsp3) is 0.727. The van der Waals surface area contributed by atoms with E-state index in [1.807, 2.05) is 4.57 Å². The third-order valence-electron chi connectivity index (χ3n) is 5.53. The number of hydrogen-bond acceptors (Lipinski definition) is 5. The van der Waals surface area contributed by atoms with E-state index in [1.165, 1.54) is 32.1 Å². The van der Waals surface area contributed by atoms with Crippen LogP contribution in [-0.2, 0) is 24.1 Å². The highest BCUT2D eigenvalue weighted by molar-refractivity contribution is 5.91. The first-order chi connectivity index (χ1) is 14.5. The average molecular weight is 420 g/mol. The van der Waals surface area contributed by atoms with Crippen molar-refractivity contribution >= 4 is 17.9 Å². The number of esters is 1. The number of unbranched alkanes of at least 4 members (excludes halogenated alkanes) is 7. The van der Waals surface area contributed by atoms with Gasteiger partial charge < -0.3 is 16.2 Å². The van der Waals surface area contributed by atoms with Crippen LogP contribution < -0.4 is 21.8 Å². The first kappa shape index (κ1) is 23.9. The van der Waals surface area contributed by atoms with Gasteiger partial charge in [-0.15, -0.1) is 0 Å². The molecule has 0 unspecified atom stereocenters. The fourth-order valence-corrected chi connectivity index (χ4v) is 3.93. The van der Waals surface area contributed by atoms with Crippen LogP contribution in [0.3, 0.4) is 0 Å². The van der Waals surface area contributed by atoms with Crippen molar-refractivity contribution < 1.29 is 14.1 Å². The van der Waals surface area contributed by atoms with Crippen molar-refractivity contribution in [2.45, 2.75) is 90.5 Å². The fourth-order valence-electron chi connectivity index (χ4n) is 3.93. The molecule has 0 saturated carbocycles. The number of nitrogens with two attached hydrogens (primary N) is 3. The van der Waals surface area contributed by atoms with Gasteiger partial charge in [0.1, 0.15) is 11.3 Å². The molecule has 0 aromatic carbocycles. The van der Waals surface area contributed by atoms with Crippen LogP contribution >= 0.6 is 0 Å². The zero-order valence-corrected chi connectivity index (χ0v) is 18.5. The number of rotatable bonds is 14. The highest BCUT2D eigenvalue weighted by Gasteiger charge is 2.31. The van der Waals surface area contributed by atoms with Crippen molar-refractivity contribution in [1.82, 2.24) is 4.98 Å². The zero-order chi connectivity index (χ0) is 21.8. The maximum absolute atomic E-state index is 12.9.